The van der Waals surface area contributed by atoms with E-state index in [0.717, 1.165) is 42.9 Å². The number of rotatable bonds is 13. The van der Waals surface area contributed by atoms with Crippen LogP contribution in [0.25, 0.3) is 5.69 Å². The second kappa shape index (κ2) is 23.2. The van der Waals surface area contributed by atoms with Crippen molar-refractivity contribution in [1.82, 2.24) is 24.1 Å². The molecule has 0 saturated heterocycles. The highest BCUT2D eigenvalue weighted by Gasteiger charge is 2.35. The number of esters is 1. The van der Waals surface area contributed by atoms with Crippen molar-refractivity contribution in [2.24, 2.45) is 7.05 Å². The van der Waals surface area contributed by atoms with Crippen LogP contribution < -0.4 is 26.8 Å². The number of nitrogens with one attached hydrogen (secondary N) is 2. The SMILES string of the molecule is CC(C)OC(=O)c1cc(-n2c(=O)cc(C(F)(F)F)n(C)c2=O)ccc1Cl.CCNc1nc(Cl)nc(NC(C)C)n1.CCc1cccc(C)c1N(C(=O)CCl)C(C)COC. The van der Waals surface area contributed by atoms with E-state index in [-0.39, 0.29) is 45.4 Å². The molecule has 59 heavy (non-hydrogen) atoms. The van der Waals surface area contributed by atoms with Gasteiger partial charge in [-0.25, -0.2) is 14.2 Å². The van der Waals surface area contributed by atoms with Crippen molar-refractivity contribution >= 4 is 64.3 Å². The second-order valence-corrected chi connectivity index (χ2v) is 14.4. The maximum atomic E-state index is 12.9. The lowest BCUT2D eigenvalue weighted by Gasteiger charge is -2.31. The predicted octanol–water partition coefficient (Wildman–Crippen LogP) is 7.71. The fourth-order valence-corrected chi connectivity index (χ4v) is 5.94. The summed E-state index contributed by atoms with van der Waals surface area (Å²) in [4.78, 5) is 62.4. The molecule has 4 aromatic rings. The van der Waals surface area contributed by atoms with Gasteiger partial charge in [0.15, 0.2) is 0 Å². The van der Waals surface area contributed by atoms with Gasteiger partial charge in [-0.05, 0) is 95.8 Å². The number of methoxy groups -OCH3 is 1. The molecule has 14 nitrogen and oxygen atoms in total. The van der Waals surface area contributed by atoms with Crippen LogP contribution in [0.2, 0.25) is 10.3 Å². The molecule has 1 amide bonds. The van der Waals surface area contributed by atoms with Crippen molar-refractivity contribution in [3.63, 3.8) is 0 Å². The molecule has 0 aliphatic heterocycles. The molecule has 0 radical (unpaired) electrons. The summed E-state index contributed by atoms with van der Waals surface area (Å²) in [7, 11) is 2.53. The second-order valence-electron chi connectivity index (χ2n) is 13.4. The molecule has 1 atom stereocenters. The molecule has 0 aliphatic carbocycles. The molecule has 0 saturated carbocycles. The third kappa shape index (κ3) is 14.5. The molecule has 1 unspecified atom stereocenters. The predicted molar refractivity (Wildman–Crippen MR) is 226 cm³/mol. The monoisotopic (exact) mass is 888 g/mol. The Kier molecular flexibility index (Phi) is 19.8. The summed E-state index contributed by atoms with van der Waals surface area (Å²) in [6.07, 6.45) is -4.43. The van der Waals surface area contributed by atoms with E-state index in [1.165, 1.54) is 12.1 Å². The van der Waals surface area contributed by atoms with E-state index in [1.54, 1.807) is 25.9 Å². The van der Waals surface area contributed by atoms with E-state index in [4.69, 9.17) is 44.3 Å². The first-order valence-corrected chi connectivity index (χ1v) is 19.7. The highest BCUT2D eigenvalue weighted by atomic mass is 35.5. The number of hydrogen-bond donors (Lipinski definition) is 2. The zero-order valence-electron chi connectivity index (χ0n) is 34.5. The fourth-order valence-electron chi connectivity index (χ4n) is 5.45. The zero-order valence-corrected chi connectivity index (χ0v) is 36.8. The Morgan fingerprint density at radius 1 is 0.966 bits per heavy atom. The maximum absolute atomic E-state index is 12.9. The molecule has 20 heteroatoms. The molecule has 0 fully saturated rings. The minimum Gasteiger partial charge on any atom is -0.459 e. The molecule has 2 N–H and O–H groups in total. The van der Waals surface area contributed by atoms with Gasteiger partial charge in [-0.3, -0.25) is 14.2 Å². The Bertz CT molecular complexity index is 2170. The summed E-state index contributed by atoms with van der Waals surface area (Å²) in [5.74, 6) is 0.0939. The first-order valence-electron chi connectivity index (χ1n) is 18.4. The number of benzene rings is 2. The molecule has 324 valence electrons. The zero-order chi connectivity index (χ0) is 44.8. The fraction of sp³-hybridized carbons (Fsp3) is 0.462. The summed E-state index contributed by atoms with van der Waals surface area (Å²) in [5.41, 5.74) is -0.794. The molecule has 2 aromatic carbocycles. The van der Waals surface area contributed by atoms with Gasteiger partial charge in [0.2, 0.25) is 23.1 Å². The van der Waals surface area contributed by atoms with Gasteiger partial charge in [-0.15, -0.1) is 11.6 Å². The quantitative estimate of drug-likeness (QED) is 0.0999. The molecule has 0 bridgehead atoms. The third-order valence-electron chi connectivity index (χ3n) is 7.92. The summed E-state index contributed by atoms with van der Waals surface area (Å²) in [5, 5.41) is 6.24. The highest BCUT2D eigenvalue weighted by Crippen LogP contribution is 2.29. The van der Waals surface area contributed by atoms with Gasteiger partial charge in [0.25, 0.3) is 5.56 Å². The smallest absolute Gasteiger partial charge is 0.431 e. The number of nitrogens with zero attached hydrogens (tertiary/aromatic N) is 6. The first kappa shape index (κ1) is 50.4. The number of halogens is 6. The molecular weight excluding hydrogens is 840 g/mol. The molecule has 4 rings (SSSR count). The number of carbonyl (C=O) groups excluding carboxylic acids is 2. The van der Waals surface area contributed by atoms with Crippen molar-refractivity contribution in [2.75, 3.05) is 41.7 Å². The van der Waals surface area contributed by atoms with Crippen LogP contribution in [0, 0.1) is 6.92 Å². The number of aromatic nitrogens is 5. The van der Waals surface area contributed by atoms with E-state index in [0.29, 0.717) is 33.7 Å². The number of aryl methyl sites for hydroxylation is 2. The van der Waals surface area contributed by atoms with Gasteiger partial charge < -0.3 is 25.0 Å². The van der Waals surface area contributed by atoms with Gasteiger partial charge >= 0.3 is 17.8 Å². The number of alkyl halides is 4. The Hall–Kier alpha value is -4.71. The van der Waals surface area contributed by atoms with E-state index in [9.17, 15) is 32.3 Å². The lowest BCUT2D eigenvalue weighted by atomic mass is 10.0. The number of anilines is 3. The van der Waals surface area contributed by atoms with Crippen LogP contribution in [-0.4, -0.2) is 80.3 Å². The summed E-state index contributed by atoms with van der Waals surface area (Å²) in [6, 6.07) is 10.2. The number of hydrogen-bond acceptors (Lipinski definition) is 11. The van der Waals surface area contributed by atoms with Gasteiger partial charge in [0.05, 0.1) is 40.7 Å². The standard InChI is InChI=1S/C16H14ClF3N2O4.C15H22ClNO2.C8H14ClN5/c1-8(2)26-14(24)10-6-9(4-5-11(10)17)22-13(23)7-12(16(18,19)20)21(3)15(22)25;1-5-13-8-6-7-11(2)15(13)17(14(18)9-16)12(3)10-19-4;1-4-10-7-12-6(9)13-8(14-7)11-5(2)3/h4-8H,1-3H3;6-8,12H,5,9-10H2,1-4H3;5H,4H2,1-3H3,(H2,10,11,12,13,14). The average Bonchev–Trinajstić information content (AvgIpc) is 3.14. The van der Waals surface area contributed by atoms with Crippen molar-refractivity contribution in [1.29, 1.82) is 0 Å². The normalized spacial score (nSPS) is 11.6. The number of carbonyl (C=O) groups is 2. The van der Waals surface area contributed by atoms with Crippen LogP contribution in [0.5, 0.6) is 0 Å². The molecule has 2 aromatic heterocycles. The minimum atomic E-state index is -4.86. The van der Waals surface area contributed by atoms with E-state index in [1.807, 2.05) is 46.8 Å². The van der Waals surface area contributed by atoms with E-state index >= 15 is 0 Å². The number of ether oxygens (including phenoxy) is 2. The highest BCUT2D eigenvalue weighted by molar-refractivity contribution is 6.33. The van der Waals surface area contributed by atoms with Gasteiger partial charge in [-0.1, -0.05) is 36.7 Å². The van der Waals surface area contributed by atoms with Gasteiger partial charge in [0, 0.05) is 32.8 Å². The molecule has 0 aliphatic rings. The van der Waals surface area contributed by atoms with Crippen molar-refractivity contribution < 1.29 is 32.2 Å². The van der Waals surface area contributed by atoms with Crippen molar-refractivity contribution in [3.05, 3.63) is 96.0 Å². The average molecular weight is 890 g/mol. The summed E-state index contributed by atoms with van der Waals surface area (Å²) >= 11 is 17.4. The molecule has 2 heterocycles. The van der Waals surface area contributed by atoms with E-state index in [2.05, 4.69) is 38.6 Å². The third-order valence-corrected chi connectivity index (χ3v) is 8.64. The van der Waals surface area contributed by atoms with Gasteiger partial charge in [-0.2, -0.15) is 28.1 Å². The van der Waals surface area contributed by atoms with Crippen LogP contribution in [-0.2, 0) is 33.9 Å². The Balaban J connectivity index is 0.000000321. The topological polar surface area (TPSA) is 163 Å². The number of amides is 1. The lowest BCUT2D eigenvalue weighted by molar-refractivity contribution is -0.144. The maximum Gasteiger partial charge on any atom is 0.431 e. The van der Waals surface area contributed by atoms with Crippen LogP contribution in [0.3, 0.4) is 0 Å². The lowest BCUT2D eigenvalue weighted by Crippen LogP contribution is -2.43. The largest absolute Gasteiger partial charge is 0.459 e. The Morgan fingerprint density at radius 3 is 2.15 bits per heavy atom. The number of para-hydroxylation sites is 1. The minimum absolute atomic E-state index is 0.0104. The Morgan fingerprint density at radius 2 is 1.61 bits per heavy atom. The van der Waals surface area contributed by atoms with Gasteiger partial charge in [0.1, 0.15) is 11.6 Å². The summed E-state index contributed by atoms with van der Waals surface area (Å²) in [6.45, 7) is 16.5. The molecule has 0 spiro atoms. The first-order chi connectivity index (χ1) is 27.6. The van der Waals surface area contributed by atoms with Crippen LogP contribution in [0.15, 0.2) is 52.1 Å². The summed E-state index contributed by atoms with van der Waals surface area (Å²) < 4.78 is 49.7. The van der Waals surface area contributed by atoms with Crippen molar-refractivity contribution in [3.8, 4) is 5.69 Å². The van der Waals surface area contributed by atoms with Crippen LogP contribution in [0.4, 0.5) is 30.8 Å². The van der Waals surface area contributed by atoms with Crippen LogP contribution in [0.1, 0.15) is 75.6 Å². The molecular formula is C39H50Cl3F3N8O6. The van der Waals surface area contributed by atoms with Crippen LogP contribution >= 0.6 is 34.8 Å². The Labute approximate surface area is 356 Å². The van der Waals surface area contributed by atoms with E-state index < -0.39 is 35.2 Å². The van der Waals surface area contributed by atoms with Crippen molar-refractivity contribution in [2.45, 2.75) is 86.2 Å².